The van der Waals surface area contributed by atoms with E-state index >= 15 is 0 Å². The van der Waals surface area contributed by atoms with E-state index in [-0.39, 0.29) is 12.0 Å². The van der Waals surface area contributed by atoms with E-state index in [2.05, 4.69) is 5.32 Å². The van der Waals surface area contributed by atoms with E-state index in [0.717, 1.165) is 36.4 Å². The lowest BCUT2D eigenvalue weighted by atomic mass is 10.1. The molecular formula is C19H21NO3. The fourth-order valence-electron chi connectivity index (χ4n) is 2.54. The summed E-state index contributed by atoms with van der Waals surface area (Å²) in [4.78, 5) is 12.2. The Morgan fingerprint density at radius 3 is 2.83 bits per heavy atom. The van der Waals surface area contributed by atoms with Crippen molar-refractivity contribution in [2.75, 3.05) is 18.5 Å². The van der Waals surface area contributed by atoms with Gasteiger partial charge in [0.05, 0.1) is 6.10 Å². The normalized spacial score (nSPS) is 17.0. The molecule has 1 unspecified atom stereocenters. The van der Waals surface area contributed by atoms with Gasteiger partial charge < -0.3 is 14.8 Å². The van der Waals surface area contributed by atoms with Gasteiger partial charge in [-0.25, -0.2) is 0 Å². The van der Waals surface area contributed by atoms with Crippen LogP contribution in [0.2, 0.25) is 0 Å². The van der Waals surface area contributed by atoms with Gasteiger partial charge in [-0.2, -0.15) is 0 Å². The quantitative estimate of drug-likeness (QED) is 0.913. The van der Waals surface area contributed by atoms with Crippen LogP contribution in [0.5, 0.6) is 5.75 Å². The third kappa shape index (κ3) is 4.33. The molecule has 0 aliphatic carbocycles. The van der Waals surface area contributed by atoms with Gasteiger partial charge in [-0.1, -0.05) is 23.8 Å². The average molecular weight is 311 g/mol. The predicted molar refractivity (Wildman–Crippen MR) is 90.0 cm³/mol. The van der Waals surface area contributed by atoms with Crippen molar-refractivity contribution in [3.05, 3.63) is 59.7 Å². The van der Waals surface area contributed by atoms with Crippen molar-refractivity contribution in [3.63, 3.8) is 0 Å². The summed E-state index contributed by atoms with van der Waals surface area (Å²) in [6, 6.07) is 14.9. The number of hydrogen-bond acceptors (Lipinski definition) is 3. The van der Waals surface area contributed by atoms with Gasteiger partial charge in [0.15, 0.2) is 0 Å². The van der Waals surface area contributed by atoms with Gasteiger partial charge in [0.2, 0.25) is 0 Å². The lowest BCUT2D eigenvalue weighted by Crippen LogP contribution is -2.16. The summed E-state index contributed by atoms with van der Waals surface area (Å²) >= 11 is 0. The Bertz CT molecular complexity index is 661. The van der Waals surface area contributed by atoms with Crippen molar-refractivity contribution in [3.8, 4) is 5.75 Å². The SMILES string of the molecule is Cc1ccc(C(=O)Nc2cccc(OCC3CCCO3)c2)cc1. The van der Waals surface area contributed by atoms with Crippen LogP contribution in [0, 0.1) is 6.92 Å². The van der Waals surface area contributed by atoms with E-state index in [1.807, 2.05) is 55.5 Å². The smallest absolute Gasteiger partial charge is 0.255 e. The van der Waals surface area contributed by atoms with E-state index in [4.69, 9.17) is 9.47 Å². The predicted octanol–water partition coefficient (Wildman–Crippen LogP) is 3.81. The van der Waals surface area contributed by atoms with Crippen LogP contribution in [0.1, 0.15) is 28.8 Å². The molecule has 1 N–H and O–H groups in total. The minimum Gasteiger partial charge on any atom is -0.491 e. The third-order valence-electron chi connectivity index (χ3n) is 3.87. The van der Waals surface area contributed by atoms with Crippen LogP contribution in [0.25, 0.3) is 0 Å². The lowest BCUT2D eigenvalue weighted by molar-refractivity contribution is 0.0680. The zero-order valence-corrected chi connectivity index (χ0v) is 13.2. The van der Waals surface area contributed by atoms with E-state index < -0.39 is 0 Å². The molecule has 1 aliphatic rings. The highest BCUT2D eigenvalue weighted by Gasteiger charge is 2.16. The molecular weight excluding hydrogens is 290 g/mol. The summed E-state index contributed by atoms with van der Waals surface area (Å²) in [6.45, 7) is 3.37. The molecule has 1 atom stereocenters. The number of nitrogens with one attached hydrogen (secondary N) is 1. The van der Waals surface area contributed by atoms with E-state index in [9.17, 15) is 4.79 Å². The summed E-state index contributed by atoms with van der Waals surface area (Å²) in [6.07, 6.45) is 2.32. The molecule has 0 saturated carbocycles. The highest BCUT2D eigenvalue weighted by molar-refractivity contribution is 6.04. The fraction of sp³-hybridized carbons (Fsp3) is 0.316. The first-order chi connectivity index (χ1) is 11.2. The molecule has 2 aromatic rings. The highest BCUT2D eigenvalue weighted by atomic mass is 16.5. The second-order valence-electron chi connectivity index (χ2n) is 5.79. The van der Waals surface area contributed by atoms with Gasteiger partial charge in [-0.05, 0) is 44.0 Å². The second-order valence-corrected chi connectivity index (χ2v) is 5.79. The average Bonchev–Trinajstić information content (AvgIpc) is 3.07. The van der Waals surface area contributed by atoms with Crippen molar-refractivity contribution in [1.82, 2.24) is 0 Å². The Hall–Kier alpha value is -2.33. The molecule has 23 heavy (non-hydrogen) atoms. The molecule has 4 heteroatoms. The molecule has 3 rings (SSSR count). The third-order valence-corrected chi connectivity index (χ3v) is 3.87. The van der Waals surface area contributed by atoms with Crippen LogP contribution in [-0.2, 0) is 4.74 Å². The standard InChI is InChI=1S/C19H21NO3/c1-14-7-9-15(10-8-14)19(21)20-16-4-2-5-17(12-16)23-13-18-6-3-11-22-18/h2,4-5,7-10,12,18H,3,6,11,13H2,1H3,(H,20,21). The first-order valence-electron chi connectivity index (χ1n) is 7.93. The number of benzene rings is 2. The minimum absolute atomic E-state index is 0.124. The Labute approximate surface area is 136 Å². The number of hydrogen-bond donors (Lipinski definition) is 1. The Kier molecular flexibility index (Phi) is 4.93. The number of ether oxygens (including phenoxy) is 2. The van der Waals surface area contributed by atoms with Gasteiger partial charge in [0, 0.05) is 23.9 Å². The Morgan fingerprint density at radius 1 is 1.26 bits per heavy atom. The number of anilines is 1. The molecule has 1 saturated heterocycles. The molecule has 1 aliphatic heterocycles. The number of carbonyl (C=O) groups is 1. The summed E-state index contributed by atoms with van der Waals surface area (Å²) in [7, 11) is 0. The maximum atomic E-state index is 12.2. The molecule has 1 heterocycles. The highest BCUT2D eigenvalue weighted by Crippen LogP contribution is 2.20. The van der Waals surface area contributed by atoms with Gasteiger partial charge in [-0.15, -0.1) is 0 Å². The Balaban J connectivity index is 1.60. The first kappa shape index (κ1) is 15.6. The van der Waals surface area contributed by atoms with Crippen molar-refractivity contribution in [2.24, 2.45) is 0 Å². The van der Waals surface area contributed by atoms with Gasteiger partial charge in [0.1, 0.15) is 12.4 Å². The largest absolute Gasteiger partial charge is 0.491 e. The molecule has 2 aromatic carbocycles. The first-order valence-corrected chi connectivity index (χ1v) is 7.93. The summed E-state index contributed by atoms with van der Waals surface area (Å²) in [5, 5.41) is 2.90. The maximum Gasteiger partial charge on any atom is 0.255 e. The van der Waals surface area contributed by atoms with Crippen molar-refractivity contribution >= 4 is 11.6 Å². The zero-order chi connectivity index (χ0) is 16.1. The Morgan fingerprint density at radius 2 is 2.09 bits per heavy atom. The summed E-state index contributed by atoms with van der Waals surface area (Å²) in [5.74, 6) is 0.614. The van der Waals surface area contributed by atoms with Crippen LogP contribution in [-0.4, -0.2) is 25.2 Å². The molecule has 0 aromatic heterocycles. The number of amides is 1. The van der Waals surface area contributed by atoms with Crippen LogP contribution >= 0.6 is 0 Å². The molecule has 1 amide bonds. The van der Waals surface area contributed by atoms with Gasteiger partial charge in [0.25, 0.3) is 5.91 Å². The molecule has 120 valence electrons. The van der Waals surface area contributed by atoms with Crippen molar-refractivity contribution in [1.29, 1.82) is 0 Å². The molecule has 0 radical (unpaired) electrons. The fourth-order valence-corrected chi connectivity index (χ4v) is 2.54. The minimum atomic E-state index is -0.124. The van der Waals surface area contributed by atoms with Crippen LogP contribution in [0.15, 0.2) is 48.5 Å². The summed E-state index contributed by atoms with van der Waals surface area (Å²) < 4.78 is 11.3. The monoisotopic (exact) mass is 311 g/mol. The van der Waals surface area contributed by atoms with Crippen LogP contribution in [0.3, 0.4) is 0 Å². The van der Waals surface area contributed by atoms with Crippen LogP contribution in [0.4, 0.5) is 5.69 Å². The molecule has 1 fully saturated rings. The molecule has 0 spiro atoms. The number of rotatable bonds is 5. The van der Waals surface area contributed by atoms with Gasteiger partial charge >= 0.3 is 0 Å². The maximum absolute atomic E-state index is 12.2. The second kappa shape index (κ2) is 7.29. The van der Waals surface area contributed by atoms with Crippen LogP contribution < -0.4 is 10.1 Å². The van der Waals surface area contributed by atoms with E-state index in [1.54, 1.807) is 0 Å². The van der Waals surface area contributed by atoms with E-state index in [0.29, 0.717) is 12.2 Å². The molecule has 0 bridgehead atoms. The molecule has 4 nitrogen and oxygen atoms in total. The van der Waals surface area contributed by atoms with Gasteiger partial charge in [-0.3, -0.25) is 4.79 Å². The van der Waals surface area contributed by atoms with E-state index in [1.165, 1.54) is 0 Å². The number of aryl methyl sites for hydroxylation is 1. The van der Waals surface area contributed by atoms with Crippen molar-refractivity contribution < 1.29 is 14.3 Å². The number of carbonyl (C=O) groups excluding carboxylic acids is 1. The topological polar surface area (TPSA) is 47.6 Å². The van der Waals surface area contributed by atoms with Crippen molar-refractivity contribution in [2.45, 2.75) is 25.9 Å². The lowest BCUT2D eigenvalue weighted by Gasteiger charge is -2.12. The zero-order valence-electron chi connectivity index (χ0n) is 13.2. The summed E-state index contributed by atoms with van der Waals surface area (Å²) in [5.41, 5.74) is 2.49.